The first-order chi connectivity index (χ1) is 8.19. The van der Waals surface area contributed by atoms with Crippen LogP contribution in [0.5, 0.6) is 5.75 Å². The van der Waals surface area contributed by atoms with Crippen LogP contribution in [0, 0.1) is 0 Å². The molecule has 2 N–H and O–H groups in total. The number of hydrogen-bond acceptors (Lipinski definition) is 2. The molecule has 88 valence electrons. The maximum atomic E-state index is 5.97. The first kappa shape index (κ1) is 12.0. The molecule has 0 aliphatic carbocycles. The van der Waals surface area contributed by atoms with Crippen LogP contribution in [0.2, 0.25) is 0 Å². The summed E-state index contributed by atoms with van der Waals surface area (Å²) in [4.78, 5) is 0. The number of hydrogen-bond donors (Lipinski definition) is 1. The van der Waals surface area contributed by atoms with Crippen molar-refractivity contribution in [2.45, 2.75) is 6.42 Å². The Labute approximate surface area is 110 Å². The van der Waals surface area contributed by atoms with E-state index < -0.39 is 0 Å². The van der Waals surface area contributed by atoms with Gasteiger partial charge in [0.05, 0.1) is 7.11 Å². The molecule has 0 aliphatic rings. The van der Waals surface area contributed by atoms with E-state index in [4.69, 9.17) is 10.5 Å². The van der Waals surface area contributed by atoms with Gasteiger partial charge in [0.25, 0.3) is 0 Å². The molecular weight excluding hydrogens is 278 g/mol. The predicted octanol–water partition coefficient (Wildman–Crippen LogP) is 3.63. The van der Waals surface area contributed by atoms with E-state index in [0.717, 1.165) is 27.9 Å². The average Bonchev–Trinajstić information content (AvgIpc) is 2.34. The molecule has 0 radical (unpaired) electrons. The molecule has 2 aromatic rings. The molecule has 0 bridgehead atoms. The molecule has 0 amide bonds. The number of methoxy groups -OCH3 is 1. The summed E-state index contributed by atoms with van der Waals surface area (Å²) in [5.41, 5.74) is 9.15. The topological polar surface area (TPSA) is 35.2 Å². The molecule has 0 saturated carbocycles. The Morgan fingerprint density at radius 1 is 1.12 bits per heavy atom. The second kappa shape index (κ2) is 5.23. The molecule has 0 heterocycles. The maximum Gasteiger partial charge on any atom is 0.118 e. The number of anilines is 1. The summed E-state index contributed by atoms with van der Waals surface area (Å²) in [5.74, 6) is 0.873. The van der Waals surface area contributed by atoms with E-state index in [9.17, 15) is 0 Å². The number of nitrogens with two attached hydrogens (primary N) is 1. The molecule has 2 rings (SSSR count). The Bertz CT molecular complexity index is 508. The van der Waals surface area contributed by atoms with Gasteiger partial charge in [-0.15, -0.1) is 0 Å². The number of ether oxygens (including phenoxy) is 1. The molecule has 0 fully saturated rings. The lowest BCUT2D eigenvalue weighted by atomic mass is 10.0. The van der Waals surface area contributed by atoms with Crippen LogP contribution in [0.4, 0.5) is 5.69 Å². The van der Waals surface area contributed by atoms with Crippen LogP contribution in [0.3, 0.4) is 0 Å². The van der Waals surface area contributed by atoms with Gasteiger partial charge in [0.2, 0.25) is 0 Å². The van der Waals surface area contributed by atoms with Crippen molar-refractivity contribution in [2.75, 3.05) is 12.8 Å². The van der Waals surface area contributed by atoms with Crippen LogP contribution in [0.25, 0.3) is 0 Å². The van der Waals surface area contributed by atoms with Crippen molar-refractivity contribution in [3.8, 4) is 5.75 Å². The minimum Gasteiger partial charge on any atom is -0.497 e. The normalized spacial score (nSPS) is 10.2. The van der Waals surface area contributed by atoms with Gasteiger partial charge in [0, 0.05) is 10.2 Å². The summed E-state index contributed by atoms with van der Waals surface area (Å²) in [6.45, 7) is 0. The Morgan fingerprint density at radius 3 is 2.41 bits per heavy atom. The smallest absolute Gasteiger partial charge is 0.118 e. The van der Waals surface area contributed by atoms with Gasteiger partial charge in [-0.25, -0.2) is 0 Å². The van der Waals surface area contributed by atoms with E-state index in [-0.39, 0.29) is 0 Å². The van der Waals surface area contributed by atoms with Gasteiger partial charge in [-0.05, 0) is 41.8 Å². The molecule has 2 nitrogen and oxygen atoms in total. The van der Waals surface area contributed by atoms with E-state index >= 15 is 0 Å². The van der Waals surface area contributed by atoms with Crippen molar-refractivity contribution < 1.29 is 4.74 Å². The van der Waals surface area contributed by atoms with Gasteiger partial charge in [-0.3, -0.25) is 0 Å². The average molecular weight is 292 g/mol. The summed E-state index contributed by atoms with van der Waals surface area (Å²) in [6.07, 6.45) is 0.836. The highest BCUT2D eigenvalue weighted by molar-refractivity contribution is 9.10. The second-order valence-electron chi connectivity index (χ2n) is 3.87. The van der Waals surface area contributed by atoms with Gasteiger partial charge >= 0.3 is 0 Å². The van der Waals surface area contributed by atoms with E-state index in [1.54, 1.807) is 7.11 Å². The van der Waals surface area contributed by atoms with E-state index in [2.05, 4.69) is 28.1 Å². The summed E-state index contributed by atoms with van der Waals surface area (Å²) in [5, 5.41) is 0. The largest absolute Gasteiger partial charge is 0.497 e. The lowest BCUT2D eigenvalue weighted by Crippen LogP contribution is -1.95. The zero-order valence-electron chi connectivity index (χ0n) is 9.61. The van der Waals surface area contributed by atoms with Gasteiger partial charge in [0.15, 0.2) is 0 Å². The monoisotopic (exact) mass is 291 g/mol. The van der Waals surface area contributed by atoms with Crippen LogP contribution in [0.1, 0.15) is 11.1 Å². The lowest BCUT2D eigenvalue weighted by Gasteiger charge is -2.07. The van der Waals surface area contributed by atoms with Gasteiger partial charge < -0.3 is 10.5 Å². The standard InChI is InChI=1S/C14H14BrNO/c1-17-13-6-2-10(3-7-13)8-11-4-5-12(15)9-14(11)16/h2-7,9H,8,16H2,1H3. The highest BCUT2D eigenvalue weighted by atomic mass is 79.9. The Morgan fingerprint density at radius 2 is 1.82 bits per heavy atom. The SMILES string of the molecule is COc1ccc(Cc2ccc(Br)cc2N)cc1. The van der Waals surface area contributed by atoms with Crippen molar-refractivity contribution in [2.24, 2.45) is 0 Å². The molecule has 0 aliphatic heterocycles. The van der Waals surface area contributed by atoms with Crippen LogP contribution in [-0.2, 0) is 6.42 Å². The van der Waals surface area contributed by atoms with Crippen LogP contribution < -0.4 is 10.5 Å². The quantitative estimate of drug-likeness (QED) is 0.877. The Hall–Kier alpha value is -1.48. The van der Waals surface area contributed by atoms with Gasteiger partial charge in [0.1, 0.15) is 5.75 Å². The Balaban J connectivity index is 2.19. The third kappa shape index (κ3) is 3.01. The first-order valence-electron chi connectivity index (χ1n) is 5.36. The molecule has 0 unspecified atom stereocenters. The number of benzene rings is 2. The molecule has 0 atom stereocenters. The van der Waals surface area contributed by atoms with Crippen molar-refractivity contribution in [3.63, 3.8) is 0 Å². The van der Waals surface area contributed by atoms with Crippen molar-refractivity contribution in [1.29, 1.82) is 0 Å². The van der Waals surface area contributed by atoms with Crippen LogP contribution in [0.15, 0.2) is 46.9 Å². The van der Waals surface area contributed by atoms with Crippen LogP contribution in [-0.4, -0.2) is 7.11 Å². The zero-order chi connectivity index (χ0) is 12.3. The zero-order valence-corrected chi connectivity index (χ0v) is 11.2. The molecule has 0 spiro atoms. The minimum absolute atomic E-state index is 0.815. The predicted molar refractivity (Wildman–Crippen MR) is 74.4 cm³/mol. The molecule has 0 saturated heterocycles. The fourth-order valence-electron chi connectivity index (χ4n) is 1.69. The number of nitrogen functional groups attached to an aromatic ring is 1. The first-order valence-corrected chi connectivity index (χ1v) is 6.15. The third-order valence-corrected chi connectivity index (χ3v) is 3.15. The van der Waals surface area contributed by atoms with Crippen molar-refractivity contribution >= 4 is 21.6 Å². The number of rotatable bonds is 3. The Kier molecular flexibility index (Phi) is 3.69. The summed E-state index contributed by atoms with van der Waals surface area (Å²) >= 11 is 3.40. The molecular formula is C14H14BrNO. The highest BCUT2D eigenvalue weighted by Gasteiger charge is 2.02. The van der Waals surface area contributed by atoms with E-state index in [1.807, 2.05) is 30.3 Å². The van der Waals surface area contributed by atoms with Crippen molar-refractivity contribution in [3.05, 3.63) is 58.1 Å². The molecule has 0 aromatic heterocycles. The molecule has 3 heteroatoms. The summed E-state index contributed by atoms with van der Waals surface area (Å²) < 4.78 is 6.14. The fourth-order valence-corrected chi connectivity index (χ4v) is 2.07. The summed E-state index contributed by atoms with van der Waals surface area (Å²) in [7, 11) is 1.67. The van der Waals surface area contributed by atoms with E-state index in [1.165, 1.54) is 5.56 Å². The minimum atomic E-state index is 0.815. The number of halogens is 1. The molecule has 2 aromatic carbocycles. The third-order valence-electron chi connectivity index (χ3n) is 2.66. The molecule has 17 heavy (non-hydrogen) atoms. The van der Waals surface area contributed by atoms with Gasteiger partial charge in [-0.1, -0.05) is 34.1 Å². The second-order valence-corrected chi connectivity index (χ2v) is 4.78. The summed E-state index contributed by atoms with van der Waals surface area (Å²) in [6, 6.07) is 14.0. The van der Waals surface area contributed by atoms with E-state index in [0.29, 0.717) is 0 Å². The van der Waals surface area contributed by atoms with Crippen molar-refractivity contribution in [1.82, 2.24) is 0 Å². The van der Waals surface area contributed by atoms with Crippen LogP contribution >= 0.6 is 15.9 Å². The maximum absolute atomic E-state index is 5.97. The highest BCUT2D eigenvalue weighted by Crippen LogP contribution is 2.22. The van der Waals surface area contributed by atoms with Gasteiger partial charge in [-0.2, -0.15) is 0 Å². The fraction of sp³-hybridized carbons (Fsp3) is 0.143. The lowest BCUT2D eigenvalue weighted by molar-refractivity contribution is 0.414.